The summed E-state index contributed by atoms with van der Waals surface area (Å²) >= 11 is 0. The standard InChI is InChI=1S/C11H21N3O2/c1-5-6-12-7-11(16)14(4)8-10(15)13-9(2)3/h5,9,12H,1,6-8H2,2-4H3,(H,13,15). The van der Waals surface area contributed by atoms with Crippen LogP contribution < -0.4 is 10.6 Å². The molecule has 0 atom stereocenters. The quantitative estimate of drug-likeness (QED) is 0.465. The van der Waals surface area contributed by atoms with Crippen LogP contribution in [0.15, 0.2) is 12.7 Å². The Labute approximate surface area is 96.9 Å². The molecule has 0 saturated heterocycles. The van der Waals surface area contributed by atoms with Crippen molar-refractivity contribution in [3.8, 4) is 0 Å². The SMILES string of the molecule is C=CCNCC(=O)N(C)CC(=O)NC(C)C. The van der Waals surface area contributed by atoms with Crippen molar-refractivity contribution in [2.24, 2.45) is 0 Å². The Bertz CT molecular complexity index is 252. The van der Waals surface area contributed by atoms with Gasteiger partial charge in [-0.1, -0.05) is 6.08 Å². The summed E-state index contributed by atoms with van der Waals surface area (Å²) < 4.78 is 0. The van der Waals surface area contributed by atoms with E-state index in [1.54, 1.807) is 13.1 Å². The van der Waals surface area contributed by atoms with Crippen LogP contribution in [-0.4, -0.2) is 49.4 Å². The smallest absolute Gasteiger partial charge is 0.239 e. The molecule has 0 saturated carbocycles. The third kappa shape index (κ3) is 7.00. The van der Waals surface area contributed by atoms with Gasteiger partial charge in [-0.15, -0.1) is 6.58 Å². The van der Waals surface area contributed by atoms with Crippen LogP contribution in [0.5, 0.6) is 0 Å². The minimum absolute atomic E-state index is 0.0901. The van der Waals surface area contributed by atoms with Crippen LogP contribution in [0.25, 0.3) is 0 Å². The van der Waals surface area contributed by atoms with Crippen molar-refractivity contribution < 1.29 is 9.59 Å². The number of hydrogen-bond acceptors (Lipinski definition) is 3. The van der Waals surface area contributed by atoms with Crippen molar-refractivity contribution in [3.63, 3.8) is 0 Å². The Balaban J connectivity index is 3.85. The third-order valence-corrected chi connectivity index (χ3v) is 1.82. The molecule has 0 bridgehead atoms. The van der Waals surface area contributed by atoms with Gasteiger partial charge in [-0.3, -0.25) is 9.59 Å². The van der Waals surface area contributed by atoms with Crippen LogP contribution in [0.3, 0.4) is 0 Å². The van der Waals surface area contributed by atoms with Gasteiger partial charge in [0.05, 0.1) is 13.1 Å². The number of nitrogens with one attached hydrogen (secondary N) is 2. The van der Waals surface area contributed by atoms with Crippen LogP contribution in [-0.2, 0) is 9.59 Å². The van der Waals surface area contributed by atoms with Crippen molar-refractivity contribution in [2.75, 3.05) is 26.7 Å². The summed E-state index contributed by atoms with van der Waals surface area (Å²) in [6, 6.07) is 0.0925. The van der Waals surface area contributed by atoms with Crippen molar-refractivity contribution >= 4 is 11.8 Å². The van der Waals surface area contributed by atoms with E-state index in [1.165, 1.54) is 4.90 Å². The first-order valence-electron chi connectivity index (χ1n) is 5.32. The van der Waals surface area contributed by atoms with Crippen molar-refractivity contribution in [1.82, 2.24) is 15.5 Å². The maximum absolute atomic E-state index is 11.5. The van der Waals surface area contributed by atoms with Gasteiger partial charge < -0.3 is 15.5 Å². The van der Waals surface area contributed by atoms with E-state index in [0.29, 0.717) is 6.54 Å². The first-order chi connectivity index (χ1) is 7.47. The molecule has 0 aliphatic heterocycles. The zero-order valence-corrected chi connectivity index (χ0v) is 10.2. The zero-order valence-electron chi connectivity index (χ0n) is 10.2. The molecule has 16 heavy (non-hydrogen) atoms. The fourth-order valence-electron chi connectivity index (χ4n) is 1.09. The molecule has 0 aliphatic rings. The lowest BCUT2D eigenvalue weighted by atomic mass is 10.3. The number of rotatable bonds is 7. The maximum atomic E-state index is 11.5. The summed E-state index contributed by atoms with van der Waals surface area (Å²) in [6.45, 7) is 8.18. The number of hydrogen-bond donors (Lipinski definition) is 2. The Hall–Kier alpha value is -1.36. The molecule has 0 aromatic carbocycles. The summed E-state index contributed by atoms with van der Waals surface area (Å²) in [7, 11) is 1.61. The summed E-state index contributed by atoms with van der Waals surface area (Å²) in [6.07, 6.45) is 1.68. The monoisotopic (exact) mass is 227 g/mol. The van der Waals surface area contributed by atoms with Gasteiger partial charge in [-0.25, -0.2) is 0 Å². The van der Waals surface area contributed by atoms with Crippen molar-refractivity contribution in [3.05, 3.63) is 12.7 Å². The van der Waals surface area contributed by atoms with Gasteiger partial charge >= 0.3 is 0 Å². The summed E-state index contributed by atoms with van der Waals surface area (Å²) in [5, 5.41) is 5.62. The highest BCUT2D eigenvalue weighted by atomic mass is 16.2. The molecule has 5 heteroatoms. The van der Waals surface area contributed by atoms with Gasteiger partial charge in [0.2, 0.25) is 11.8 Å². The first kappa shape index (κ1) is 14.6. The Morgan fingerprint density at radius 2 is 2.06 bits per heavy atom. The normalized spacial score (nSPS) is 10.0. The zero-order chi connectivity index (χ0) is 12.6. The second kappa shape index (κ2) is 7.87. The highest BCUT2D eigenvalue weighted by Gasteiger charge is 2.12. The molecule has 92 valence electrons. The molecule has 2 amide bonds. The maximum Gasteiger partial charge on any atom is 0.239 e. The predicted molar refractivity (Wildman–Crippen MR) is 64.0 cm³/mol. The second-order valence-electron chi connectivity index (χ2n) is 3.89. The van der Waals surface area contributed by atoms with E-state index in [-0.39, 0.29) is 30.9 Å². The molecule has 0 heterocycles. The first-order valence-corrected chi connectivity index (χ1v) is 5.32. The largest absolute Gasteiger partial charge is 0.352 e. The van der Waals surface area contributed by atoms with Gasteiger partial charge in [0.15, 0.2) is 0 Å². The molecule has 0 unspecified atom stereocenters. The average molecular weight is 227 g/mol. The van der Waals surface area contributed by atoms with E-state index in [2.05, 4.69) is 17.2 Å². The molecule has 5 nitrogen and oxygen atoms in total. The Kier molecular flexibility index (Phi) is 7.20. The highest BCUT2D eigenvalue weighted by Crippen LogP contribution is 1.85. The van der Waals surface area contributed by atoms with E-state index < -0.39 is 0 Å². The molecule has 0 rings (SSSR count). The van der Waals surface area contributed by atoms with Crippen molar-refractivity contribution in [2.45, 2.75) is 19.9 Å². The number of carbonyl (C=O) groups is 2. The molecule has 0 aromatic rings. The third-order valence-electron chi connectivity index (χ3n) is 1.82. The Morgan fingerprint density at radius 1 is 1.44 bits per heavy atom. The molecule has 2 N–H and O–H groups in total. The molecule has 0 radical (unpaired) electrons. The number of likely N-dealkylation sites (N-methyl/N-ethyl adjacent to an activating group) is 1. The van der Waals surface area contributed by atoms with Gasteiger partial charge in [-0.05, 0) is 13.8 Å². The van der Waals surface area contributed by atoms with Gasteiger partial charge in [0.1, 0.15) is 0 Å². The van der Waals surface area contributed by atoms with E-state index in [0.717, 1.165) is 0 Å². The van der Waals surface area contributed by atoms with E-state index in [1.807, 2.05) is 13.8 Å². The molecule has 0 spiro atoms. The summed E-state index contributed by atoms with van der Waals surface area (Å²) in [5.41, 5.74) is 0. The number of carbonyl (C=O) groups excluding carboxylic acids is 2. The number of amides is 2. The van der Waals surface area contributed by atoms with E-state index in [4.69, 9.17) is 0 Å². The molecular weight excluding hydrogens is 206 g/mol. The predicted octanol–water partition coefficient (Wildman–Crippen LogP) is -0.255. The second-order valence-corrected chi connectivity index (χ2v) is 3.89. The minimum Gasteiger partial charge on any atom is -0.352 e. The van der Waals surface area contributed by atoms with Gasteiger partial charge in [0, 0.05) is 19.6 Å². The van der Waals surface area contributed by atoms with Crippen LogP contribution in [0.4, 0.5) is 0 Å². The van der Waals surface area contributed by atoms with Crippen LogP contribution in [0.2, 0.25) is 0 Å². The lowest BCUT2D eigenvalue weighted by Gasteiger charge is -2.17. The van der Waals surface area contributed by atoms with Crippen LogP contribution in [0.1, 0.15) is 13.8 Å². The van der Waals surface area contributed by atoms with Gasteiger partial charge in [0.25, 0.3) is 0 Å². The minimum atomic E-state index is -0.144. The molecule has 0 fully saturated rings. The Morgan fingerprint density at radius 3 is 2.56 bits per heavy atom. The highest BCUT2D eigenvalue weighted by molar-refractivity contribution is 5.85. The molecule has 0 aliphatic carbocycles. The number of nitrogens with zero attached hydrogens (tertiary/aromatic N) is 1. The summed E-state index contributed by atoms with van der Waals surface area (Å²) in [4.78, 5) is 24.2. The lowest BCUT2D eigenvalue weighted by Crippen LogP contribution is -2.43. The van der Waals surface area contributed by atoms with Crippen LogP contribution >= 0.6 is 0 Å². The summed E-state index contributed by atoms with van der Waals surface area (Å²) in [5.74, 6) is -0.254. The van der Waals surface area contributed by atoms with Crippen LogP contribution in [0, 0.1) is 0 Å². The van der Waals surface area contributed by atoms with Crippen molar-refractivity contribution in [1.29, 1.82) is 0 Å². The fourth-order valence-corrected chi connectivity index (χ4v) is 1.09. The van der Waals surface area contributed by atoms with Gasteiger partial charge in [-0.2, -0.15) is 0 Å². The van der Waals surface area contributed by atoms with E-state index in [9.17, 15) is 9.59 Å². The lowest BCUT2D eigenvalue weighted by molar-refractivity contribution is -0.134. The topological polar surface area (TPSA) is 61.4 Å². The molecular formula is C11H21N3O2. The fraction of sp³-hybridized carbons (Fsp3) is 0.636. The molecule has 0 aromatic heterocycles. The van der Waals surface area contributed by atoms with E-state index >= 15 is 0 Å². The average Bonchev–Trinajstić information content (AvgIpc) is 2.16.